The Hall–Kier alpha value is -3.17. The van der Waals surface area contributed by atoms with Crippen LogP contribution in [0.3, 0.4) is 0 Å². The fourth-order valence-corrected chi connectivity index (χ4v) is 7.04. The van der Waals surface area contributed by atoms with Crippen molar-refractivity contribution in [3.63, 3.8) is 0 Å². The second kappa shape index (κ2) is 8.88. The van der Waals surface area contributed by atoms with Crippen LogP contribution in [-0.4, -0.2) is 54.0 Å². The maximum absolute atomic E-state index is 13.4. The molecule has 1 aromatic heterocycles. The number of nitrogens with zero attached hydrogens (tertiary/aromatic N) is 3. The van der Waals surface area contributed by atoms with Gasteiger partial charge < -0.3 is 14.7 Å². The van der Waals surface area contributed by atoms with Crippen LogP contribution >= 0.6 is 0 Å². The molecule has 2 aliphatic heterocycles. The first kappa shape index (κ1) is 22.6. The number of likely N-dealkylation sites (tertiary alicyclic amines) is 1. The molecule has 5 rings (SSSR count). The van der Waals surface area contributed by atoms with Gasteiger partial charge in [0.2, 0.25) is 10.0 Å². The molecule has 2 fully saturated rings. The Morgan fingerprint density at radius 1 is 0.971 bits per heavy atom. The van der Waals surface area contributed by atoms with Crippen molar-refractivity contribution in [3.05, 3.63) is 66.4 Å². The molecule has 1 spiro atoms. The molecule has 3 heterocycles. The zero-order valence-electron chi connectivity index (χ0n) is 19.1. The van der Waals surface area contributed by atoms with Gasteiger partial charge in [-0.1, -0.05) is 53.7 Å². The summed E-state index contributed by atoms with van der Waals surface area (Å²) in [7, 11) is -3.57. The zero-order chi connectivity index (χ0) is 23.8. The number of carbonyl (C=O) groups is 1. The number of anilines is 1. The molecule has 3 aromatic rings. The third kappa shape index (κ3) is 3.99. The second-order valence-corrected chi connectivity index (χ2v) is 10.8. The van der Waals surface area contributed by atoms with Gasteiger partial charge in [-0.15, -0.1) is 0 Å². The lowest BCUT2D eigenvalue weighted by Gasteiger charge is -2.44. The summed E-state index contributed by atoms with van der Waals surface area (Å²) < 4.78 is 33.8. The second-order valence-electron chi connectivity index (χ2n) is 8.96. The minimum Gasteiger partial charge on any atom is -0.359 e. The van der Waals surface area contributed by atoms with E-state index in [2.05, 4.69) is 10.5 Å². The molecule has 2 aliphatic rings. The molecule has 8 nitrogen and oxygen atoms in total. The fraction of sp³-hybridized carbons (Fsp3) is 0.360. The molecule has 2 amide bonds. The van der Waals surface area contributed by atoms with E-state index in [9.17, 15) is 13.2 Å². The highest BCUT2D eigenvalue weighted by atomic mass is 32.2. The molecule has 0 aliphatic carbocycles. The van der Waals surface area contributed by atoms with Crippen LogP contribution in [0.5, 0.6) is 0 Å². The van der Waals surface area contributed by atoms with Gasteiger partial charge in [0, 0.05) is 30.7 Å². The highest BCUT2D eigenvalue weighted by Gasteiger charge is 2.49. The standard InChI is InChI=1S/C25H28N4O4S/c1-19-22(23(27-33-19)20-9-4-2-5-10-20)26-24(30)28-17-14-25(15-18-28)13-8-16-29(25)34(31,32)21-11-6-3-7-12-21/h2-7,9-12H,8,13-18H2,1H3,(H,26,30). The summed E-state index contributed by atoms with van der Waals surface area (Å²) in [6.07, 6.45) is 2.87. The van der Waals surface area contributed by atoms with Crippen molar-refractivity contribution in [2.45, 2.75) is 43.0 Å². The lowest BCUT2D eigenvalue weighted by Crippen LogP contribution is -2.55. The summed E-state index contributed by atoms with van der Waals surface area (Å²) in [6.45, 7) is 3.25. The molecular formula is C25H28N4O4S. The summed E-state index contributed by atoms with van der Waals surface area (Å²) in [4.78, 5) is 15.2. The molecule has 2 saturated heterocycles. The Bertz CT molecular complexity index is 1270. The van der Waals surface area contributed by atoms with Crippen molar-refractivity contribution in [2.75, 3.05) is 25.0 Å². The minimum absolute atomic E-state index is 0.228. The molecule has 0 radical (unpaired) electrons. The average Bonchev–Trinajstić information content (AvgIpc) is 3.44. The van der Waals surface area contributed by atoms with E-state index in [1.165, 1.54) is 0 Å². The fourth-order valence-electron chi connectivity index (χ4n) is 5.13. The number of urea groups is 1. The largest absolute Gasteiger partial charge is 0.359 e. The highest BCUT2D eigenvalue weighted by molar-refractivity contribution is 7.89. The molecule has 0 saturated carbocycles. The molecule has 0 unspecified atom stereocenters. The van der Waals surface area contributed by atoms with E-state index in [-0.39, 0.29) is 6.03 Å². The Kier molecular flexibility index (Phi) is 5.91. The SMILES string of the molecule is Cc1onc(-c2ccccc2)c1NC(=O)N1CCC2(CCCN2S(=O)(=O)c2ccccc2)CC1. The van der Waals surface area contributed by atoms with Crippen molar-refractivity contribution in [1.82, 2.24) is 14.4 Å². The van der Waals surface area contributed by atoms with E-state index in [0.717, 1.165) is 18.4 Å². The number of hydrogen-bond donors (Lipinski definition) is 1. The molecular weight excluding hydrogens is 452 g/mol. The third-order valence-corrected chi connectivity index (χ3v) is 9.00. The monoisotopic (exact) mass is 480 g/mol. The molecule has 1 N–H and O–H groups in total. The van der Waals surface area contributed by atoms with Crippen LogP contribution in [0.2, 0.25) is 0 Å². The first-order chi connectivity index (χ1) is 16.4. The van der Waals surface area contributed by atoms with Gasteiger partial charge in [-0.25, -0.2) is 13.2 Å². The Balaban J connectivity index is 1.30. The maximum atomic E-state index is 13.4. The predicted molar refractivity (Wildman–Crippen MR) is 129 cm³/mol. The molecule has 9 heteroatoms. The predicted octanol–water partition coefficient (Wildman–Crippen LogP) is 4.50. The number of hydrogen-bond acceptors (Lipinski definition) is 5. The van der Waals surface area contributed by atoms with Gasteiger partial charge in [0.05, 0.1) is 4.90 Å². The summed E-state index contributed by atoms with van der Waals surface area (Å²) >= 11 is 0. The first-order valence-corrected chi connectivity index (χ1v) is 13.0. The quantitative estimate of drug-likeness (QED) is 0.593. The van der Waals surface area contributed by atoms with Crippen LogP contribution in [0, 0.1) is 6.92 Å². The van der Waals surface area contributed by atoms with Crippen molar-refractivity contribution >= 4 is 21.7 Å². The Morgan fingerprint density at radius 2 is 1.62 bits per heavy atom. The summed E-state index contributed by atoms with van der Waals surface area (Å²) in [6, 6.07) is 18.0. The highest BCUT2D eigenvalue weighted by Crippen LogP contribution is 2.42. The molecule has 34 heavy (non-hydrogen) atoms. The summed E-state index contributed by atoms with van der Waals surface area (Å²) in [5.41, 5.74) is 1.58. The van der Waals surface area contributed by atoms with Crippen molar-refractivity contribution in [3.8, 4) is 11.3 Å². The maximum Gasteiger partial charge on any atom is 0.322 e. The number of sulfonamides is 1. The smallest absolute Gasteiger partial charge is 0.322 e. The number of rotatable bonds is 4. The van der Waals surface area contributed by atoms with Crippen LogP contribution in [0.4, 0.5) is 10.5 Å². The summed E-state index contributed by atoms with van der Waals surface area (Å²) in [5, 5.41) is 7.10. The third-order valence-electron chi connectivity index (χ3n) is 6.99. The van der Waals surface area contributed by atoms with Gasteiger partial charge in [-0.2, -0.15) is 4.31 Å². The molecule has 178 valence electrons. The molecule has 0 bridgehead atoms. The number of benzene rings is 2. The minimum atomic E-state index is -3.57. The van der Waals surface area contributed by atoms with Gasteiger partial charge >= 0.3 is 6.03 Å². The Labute approximate surface area is 199 Å². The first-order valence-electron chi connectivity index (χ1n) is 11.6. The number of nitrogens with one attached hydrogen (secondary N) is 1. The summed E-state index contributed by atoms with van der Waals surface area (Å²) in [5.74, 6) is 0.539. The van der Waals surface area contributed by atoms with E-state index in [1.807, 2.05) is 36.4 Å². The van der Waals surface area contributed by atoms with E-state index in [4.69, 9.17) is 4.52 Å². The number of aromatic nitrogens is 1. The number of piperidine rings is 1. The van der Waals surface area contributed by atoms with Crippen LogP contribution in [0.15, 0.2) is 70.1 Å². The van der Waals surface area contributed by atoms with Crippen LogP contribution in [-0.2, 0) is 10.0 Å². The lowest BCUT2D eigenvalue weighted by atomic mass is 9.86. The van der Waals surface area contributed by atoms with E-state index < -0.39 is 15.6 Å². The van der Waals surface area contributed by atoms with Crippen molar-refractivity contribution in [2.24, 2.45) is 0 Å². The van der Waals surface area contributed by atoms with Gasteiger partial charge in [-0.05, 0) is 44.7 Å². The zero-order valence-corrected chi connectivity index (χ0v) is 19.9. The van der Waals surface area contributed by atoms with E-state index in [1.54, 1.807) is 40.4 Å². The lowest BCUT2D eigenvalue weighted by molar-refractivity contribution is 0.119. The van der Waals surface area contributed by atoms with Crippen molar-refractivity contribution in [1.29, 1.82) is 0 Å². The van der Waals surface area contributed by atoms with Crippen LogP contribution in [0.25, 0.3) is 11.3 Å². The number of aryl methyl sites for hydroxylation is 1. The molecule has 0 atom stereocenters. The van der Waals surface area contributed by atoms with Gasteiger partial charge in [0.25, 0.3) is 0 Å². The number of amides is 2. The average molecular weight is 481 g/mol. The normalized spacial score (nSPS) is 18.3. The Morgan fingerprint density at radius 3 is 2.29 bits per heavy atom. The van der Waals surface area contributed by atoms with Crippen molar-refractivity contribution < 1.29 is 17.7 Å². The van der Waals surface area contributed by atoms with Gasteiger partial charge in [-0.3, -0.25) is 0 Å². The number of carbonyl (C=O) groups excluding carboxylic acids is 1. The van der Waals surface area contributed by atoms with Crippen LogP contribution in [0.1, 0.15) is 31.4 Å². The van der Waals surface area contributed by atoms with Crippen LogP contribution < -0.4 is 5.32 Å². The van der Waals surface area contributed by atoms with Gasteiger partial charge in [0.15, 0.2) is 5.76 Å². The molecule has 2 aromatic carbocycles. The topological polar surface area (TPSA) is 95.8 Å². The van der Waals surface area contributed by atoms with E-state index in [0.29, 0.717) is 54.5 Å². The van der Waals surface area contributed by atoms with E-state index >= 15 is 0 Å². The van der Waals surface area contributed by atoms with Gasteiger partial charge in [0.1, 0.15) is 11.4 Å².